The second-order valence-corrected chi connectivity index (χ2v) is 12.2. The van der Waals surface area contributed by atoms with Crippen LogP contribution in [0.4, 0.5) is 0 Å². The van der Waals surface area contributed by atoms with Crippen LogP contribution in [0.5, 0.6) is 0 Å². The van der Waals surface area contributed by atoms with Crippen molar-refractivity contribution < 1.29 is 13.2 Å². The maximum atomic E-state index is 13.6. The minimum atomic E-state index is -3.43. The molecule has 0 amide bonds. The van der Waals surface area contributed by atoms with Crippen molar-refractivity contribution in [1.29, 1.82) is 0 Å². The minimum absolute atomic E-state index is 0.210. The third kappa shape index (κ3) is 3.91. The summed E-state index contributed by atoms with van der Waals surface area (Å²) < 4.78 is 28.5. The predicted octanol–water partition coefficient (Wildman–Crippen LogP) is 4.85. The number of ketones is 1. The van der Waals surface area contributed by atoms with Gasteiger partial charge in [-0.3, -0.25) is 9.78 Å². The number of fused-ring (bicyclic) bond motifs is 1. The fourth-order valence-corrected chi connectivity index (χ4v) is 6.92. The minimum Gasteiger partial charge on any atom is -0.317 e. The van der Waals surface area contributed by atoms with E-state index in [4.69, 9.17) is 4.98 Å². The van der Waals surface area contributed by atoms with E-state index >= 15 is 0 Å². The molecule has 0 atom stereocenters. The Kier molecular flexibility index (Phi) is 4.96. The first-order valence-corrected chi connectivity index (χ1v) is 13.8. The van der Waals surface area contributed by atoms with Gasteiger partial charge in [-0.25, -0.2) is 13.4 Å². The molecule has 2 fully saturated rings. The molecule has 33 heavy (non-hydrogen) atoms. The van der Waals surface area contributed by atoms with E-state index in [-0.39, 0.29) is 17.0 Å². The fraction of sp³-hybridized carbons (Fsp3) is 0.320. The molecule has 6 nitrogen and oxygen atoms in total. The van der Waals surface area contributed by atoms with Gasteiger partial charge in [0.25, 0.3) is 0 Å². The quantitative estimate of drug-likeness (QED) is 0.339. The topological polar surface area (TPSA) is 81.9 Å². The Bertz CT molecular complexity index is 1460. The van der Waals surface area contributed by atoms with Gasteiger partial charge >= 0.3 is 0 Å². The molecule has 2 aliphatic carbocycles. The highest BCUT2D eigenvalue weighted by atomic mass is 32.2. The molecule has 0 N–H and O–H groups in total. The van der Waals surface area contributed by atoms with Gasteiger partial charge in [-0.1, -0.05) is 18.2 Å². The number of imidazole rings is 1. The summed E-state index contributed by atoms with van der Waals surface area (Å²) in [6.07, 6.45) is 6.71. The van der Waals surface area contributed by atoms with Crippen molar-refractivity contribution in [3.8, 4) is 11.4 Å². The number of carbonyl (C=O) groups is 1. The summed E-state index contributed by atoms with van der Waals surface area (Å²) in [6, 6.07) is 12.0. The van der Waals surface area contributed by atoms with Crippen molar-refractivity contribution in [2.24, 2.45) is 0 Å². The normalized spacial score (nSPS) is 16.4. The van der Waals surface area contributed by atoms with Crippen LogP contribution in [-0.2, 0) is 16.4 Å². The number of aromatic nitrogens is 3. The molecule has 2 aliphatic rings. The fourth-order valence-electron chi connectivity index (χ4n) is 4.42. The molecule has 1 aromatic carbocycles. The first kappa shape index (κ1) is 20.7. The average molecular weight is 478 g/mol. The highest BCUT2D eigenvalue weighted by molar-refractivity contribution is 7.93. The Labute approximate surface area is 196 Å². The van der Waals surface area contributed by atoms with Gasteiger partial charge in [0, 0.05) is 28.6 Å². The Morgan fingerprint density at radius 1 is 1.09 bits per heavy atom. The molecule has 2 saturated carbocycles. The smallest absolute Gasteiger partial charge is 0.196 e. The Hall–Kier alpha value is -2.84. The number of rotatable bonds is 8. The Morgan fingerprint density at radius 2 is 1.94 bits per heavy atom. The molecule has 8 heteroatoms. The number of sulfone groups is 1. The maximum Gasteiger partial charge on any atom is 0.196 e. The van der Waals surface area contributed by atoms with Gasteiger partial charge in [-0.15, -0.1) is 11.3 Å². The van der Waals surface area contributed by atoms with Crippen molar-refractivity contribution in [2.75, 3.05) is 5.75 Å². The molecular formula is C25H23N3O3S2. The van der Waals surface area contributed by atoms with Crippen LogP contribution < -0.4 is 0 Å². The van der Waals surface area contributed by atoms with Gasteiger partial charge in [0.15, 0.2) is 15.6 Å². The van der Waals surface area contributed by atoms with Gasteiger partial charge in [0.1, 0.15) is 17.3 Å². The molecule has 6 rings (SSSR count). The van der Waals surface area contributed by atoms with Crippen molar-refractivity contribution in [1.82, 2.24) is 14.5 Å². The molecular weight excluding hydrogens is 454 g/mol. The predicted molar refractivity (Wildman–Crippen MR) is 129 cm³/mol. The van der Waals surface area contributed by atoms with Crippen molar-refractivity contribution in [2.45, 2.75) is 43.4 Å². The van der Waals surface area contributed by atoms with E-state index < -0.39 is 15.6 Å². The van der Waals surface area contributed by atoms with Crippen LogP contribution in [0.1, 0.15) is 53.3 Å². The largest absolute Gasteiger partial charge is 0.317 e. The van der Waals surface area contributed by atoms with Gasteiger partial charge in [-0.05, 0) is 60.2 Å². The Morgan fingerprint density at radius 3 is 2.67 bits per heavy atom. The molecule has 168 valence electrons. The zero-order valence-electron chi connectivity index (χ0n) is 18.0. The van der Waals surface area contributed by atoms with Gasteiger partial charge < -0.3 is 4.57 Å². The first-order valence-electron chi connectivity index (χ1n) is 11.2. The summed E-state index contributed by atoms with van der Waals surface area (Å²) in [5, 5.41) is 2.86. The van der Waals surface area contributed by atoms with E-state index in [0.29, 0.717) is 30.9 Å². The summed E-state index contributed by atoms with van der Waals surface area (Å²) in [7, 11) is -3.43. The maximum absolute atomic E-state index is 13.6. The number of pyridine rings is 1. The standard InChI is InChI=1S/C25H23N3O3S2/c29-21(15-33(30,31)20-8-9-20)23-22(16-6-7-16)27-25(18-5-2-11-26-13-18)28(23)14-19-4-1-3-17-10-12-32-24(17)19/h1-5,10-13,16,20H,6-9,14-15H2. The number of hydrogen-bond donors (Lipinski definition) is 0. The summed E-state index contributed by atoms with van der Waals surface area (Å²) in [6.45, 7) is 0.451. The first-order chi connectivity index (χ1) is 16.0. The zero-order valence-corrected chi connectivity index (χ0v) is 19.6. The van der Waals surface area contributed by atoms with Crippen LogP contribution in [0.3, 0.4) is 0 Å². The lowest BCUT2D eigenvalue weighted by Crippen LogP contribution is -2.23. The van der Waals surface area contributed by atoms with E-state index in [1.807, 2.05) is 22.8 Å². The molecule has 0 bridgehead atoms. The van der Waals surface area contributed by atoms with E-state index in [0.717, 1.165) is 35.0 Å². The summed E-state index contributed by atoms with van der Waals surface area (Å²) >= 11 is 1.67. The van der Waals surface area contributed by atoms with Crippen LogP contribution in [-0.4, -0.2) is 39.7 Å². The number of thiophene rings is 1. The summed E-state index contributed by atoms with van der Waals surface area (Å²) in [4.78, 5) is 22.7. The van der Waals surface area contributed by atoms with E-state index in [1.54, 1.807) is 23.7 Å². The van der Waals surface area contributed by atoms with Crippen molar-refractivity contribution in [3.63, 3.8) is 0 Å². The SMILES string of the molecule is O=C(CS(=O)(=O)C1CC1)c1c(C2CC2)nc(-c2cccnc2)n1Cc1cccc2ccsc12. The van der Waals surface area contributed by atoms with E-state index in [2.05, 4.69) is 28.6 Å². The lowest BCUT2D eigenvalue weighted by molar-refractivity contribution is 0.101. The number of benzene rings is 1. The second-order valence-electron chi connectivity index (χ2n) is 8.96. The number of Topliss-reactive ketones (excluding diaryl/α,β-unsaturated/α-hetero) is 1. The van der Waals surface area contributed by atoms with Crippen LogP contribution >= 0.6 is 11.3 Å². The third-order valence-electron chi connectivity index (χ3n) is 6.40. The molecule has 0 spiro atoms. The van der Waals surface area contributed by atoms with Crippen molar-refractivity contribution in [3.05, 3.63) is 71.1 Å². The van der Waals surface area contributed by atoms with Gasteiger partial charge in [-0.2, -0.15) is 0 Å². The molecule has 0 unspecified atom stereocenters. The molecule has 3 aromatic heterocycles. The monoisotopic (exact) mass is 477 g/mol. The molecule has 4 aromatic rings. The second kappa shape index (κ2) is 7.88. The van der Waals surface area contributed by atoms with E-state index in [9.17, 15) is 13.2 Å². The number of carbonyl (C=O) groups excluding carboxylic acids is 1. The molecule has 0 radical (unpaired) electrons. The summed E-state index contributed by atoms with van der Waals surface area (Å²) in [5.41, 5.74) is 3.10. The molecule has 0 aliphatic heterocycles. The average Bonchev–Trinajstić information content (AvgIpc) is 3.74. The highest BCUT2D eigenvalue weighted by Crippen LogP contribution is 2.43. The van der Waals surface area contributed by atoms with Gasteiger partial charge in [0.05, 0.1) is 17.5 Å². The zero-order chi connectivity index (χ0) is 22.6. The van der Waals surface area contributed by atoms with Crippen LogP contribution in [0.25, 0.3) is 21.5 Å². The van der Waals surface area contributed by atoms with Crippen molar-refractivity contribution >= 4 is 37.0 Å². The van der Waals surface area contributed by atoms with Crippen LogP contribution in [0.2, 0.25) is 0 Å². The van der Waals surface area contributed by atoms with Crippen LogP contribution in [0.15, 0.2) is 54.2 Å². The van der Waals surface area contributed by atoms with Gasteiger partial charge in [0.2, 0.25) is 0 Å². The number of nitrogens with zero attached hydrogens (tertiary/aromatic N) is 3. The van der Waals surface area contributed by atoms with Crippen LogP contribution in [0, 0.1) is 0 Å². The van der Waals surface area contributed by atoms with E-state index in [1.165, 1.54) is 4.70 Å². The summed E-state index contributed by atoms with van der Waals surface area (Å²) in [5.74, 6) is 0.0935. The lowest BCUT2D eigenvalue weighted by atomic mass is 10.1. The lowest BCUT2D eigenvalue weighted by Gasteiger charge is -2.13. The Balaban J connectivity index is 1.51. The molecule has 0 saturated heterocycles. The third-order valence-corrected chi connectivity index (χ3v) is 9.55. The highest BCUT2D eigenvalue weighted by Gasteiger charge is 2.40. The number of hydrogen-bond acceptors (Lipinski definition) is 6. The molecule has 3 heterocycles.